The summed E-state index contributed by atoms with van der Waals surface area (Å²) in [7, 11) is 0.810. The molecule has 2 heterocycles. The molecule has 0 spiro atoms. The Labute approximate surface area is 118 Å². The fourth-order valence-corrected chi connectivity index (χ4v) is 2.85. The normalized spacial score (nSPS) is 15.6. The molecule has 10 heteroatoms. The van der Waals surface area contributed by atoms with Crippen LogP contribution in [-0.2, 0) is 20.4 Å². The summed E-state index contributed by atoms with van der Waals surface area (Å²) < 4.78 is 23.2. The van der Waals surface area contributed by atoms with Gasteiger partial charge in [0.2, 0.25) is 5.91 Å². The second-order valence-electron chi connectivity index (χ2n) is 4.41. The van der Waals surface area contributed by atoms with Gasteiger partial charge in [0.15, 0.2) is 4.90 Å². The van der Waals surface area contributed by atoms with E-state index in [1.54, 1.807) is 4.90 Å². The molecule has 0 radical (unpaired) electrons. The SMILES string of the molecule is O=C(Cn1cc(S(=O)(=O)Cl)c(=O)[nH]c1=O)N1CCCC1. The van der Waals surface area contributed by atoms with Crippen molar-refractivity contribution in [2.24, 2.45) is 0 Å². The number of nitrogens with zero attached hydrogens (tertiary/aromatic N) is 2. The highest BCUT2D eigenvalue weighted by atomic mass is 35.7. The Kier molecular flexibility index (Phi) is 4.00. The first-order valence-electron chi connectivity index (χ1n) is 5.85. The molecule has 0 unspecified atom stereocenters. The number of aromatic amines is 1. The van der Waals surface area contributed by atoms with E-state index in [4.69, 9.17) is 10.7 Å². The summed E-state index contributed by atoms with van der Waals surface area (Å²) in [6.45, 7) is 0.879. The summed E-state index contributed by atoms with van der Waals surface area (Å²) in [6, 6.07) is 0. The van der Waals surface area contributed by atoms with Crippen molar-refractivity contribution in [1.29, 1.82) is 0 Å². The van der Waals surface area contributed by atoms with Crippen LogP contribution in [0.5, 0.6) is 0 Å². The quantitative estimate of drug-likeness (QED) is 0.725. The zero-order valence-corrected chi connectivity index (χ0v) is 11.9. The van der Waals surface area contributed by atoms with Crippen molar-refractivity contribution in [2.75, 3.05) is 13.1 Å². The molecule has 1 aliphatic rings. The third kappa shape index (κ3) is 3.10. The zero-order chi connectivity index (χ0) is 14.9. The number of nitrogens with one attached hydrogen (secondary N) is 1. The zero-order valence-electron chi connectivity index (χ0n) is 10.3. The van der Waals surface area contributed by atoms with Crippen molar-refractivity contribution in [3.05, 3.63) is 27.0 Å². The van der Waals surface area contributed by atoms with E-state index in [0.29, 0.717) is 13.1 Å². The van der Waals surface area contributed by atoms with Crippen LogP contribution >= 0.6 is 10.7 Å². The maximum atomic E-state index is 11.9. The topological polar surface area (TPSA) is 109 Å². The van der Waals surface area contributed by atoms with Crippen molar-refractivity contribution >= 4 is 25.6 Å². The summed E-state index contributed by atoms with van der Waals surface area (Å²) in [5, 5.41) is 0. The fraction of sp³-hybridized carbons (Fsp3) is 0.500. The third-order valence-corrected chi connectivity index (χ3v) is 4.32. The summed E-state index contributed by atoms with van der Waals surface area (Å²) in [6.07, 6.45) is 2.58. The van der Waals surface area contributed by atoms with Gasteiger partial charge in [-0.1, -0.05) is 0 Å². The molecule has 0 bridgehead atoms. The molecule has 0 saturated carbocycles. The van der Waals surface area contributed by atoms with Crippen LogP contribution < -0.4 is 11.2 Å². The van der Waals surface area contributed by atoms with Crippen LogP contribution in [0.1, 0.15) is 12.8 Å². The summed E-state index contributed by atoms with van der Waals surface area (Å²) >= 11 is 0. The van der Waals surface area contributed by atoms with E-state index in [0.717, 1.165) is 23.6 Å². The molecule has 1 N–H and O–H groups in total. The van der Waals surface area contributed by atoms with Gasteiger partial charge in [-0.25, -0.2) is 13.2 Å². The number of aromatic nitrogens is 2. The first-order valence-corrected chi connectivity index (χ1v) is 8.16. The van der Waals surface area contributed by atoms with E-state index in [9.17, 15) is 22.8 Å². The first kappa shape index (κ1) is 14.8. The average molecular weight is 322 g/mol. The van der Waals surface area contributed by atoms with Gasteiger partial charge >= 0.3 is 5.69 Å². The van der Waals surface area contributed by atoms with E-state index >= 15 is 0 Å². The Morgan fingerprint density at radius 3 is 2.45 bits per heavy atom. The molecule has 1 aromatic rings. The van der Waals surface area contributed by atoms with Gasteiger partial charge in [0, 0.05) is 30.0 Å². The summed E-state index contributed by atoms with van der Waals surface area (Å²) in [4.78, 5) is 37.5. The molecule has 0 aromatic carbocycles. The van der Waals surface area contributed by atoms with E-state index in [-0.39, 0.29) is 12.5 Å². The van der Waals surface area contributed by atoms with Gasteiger partial charge in [-0.2, -0.15) is 0 Å². The van der Waals surface area contributed by atoms with Crippen LogP contribution in [0, 0.1) is 0 Å². The Morgan fingerprint density at radius 1 is 1.30 bits per heavy atom. The number of carbonyl (C=O) groups excluding carboxylic acids is 1. The number of likely N-dealkylation sites (tertiary alicyclic amines) is 1. The lowest BCUT2D eigenvalue weighted by Gasteiger charge is -2.15. The molecular formula is C10H12ClN3O5S. The Hall–Kier alpha value is -1.61. The van der Waals surface area contributed by atoms with E-state index < -0.39 is 25.2 Å². The summed E-state index contributed by atoms with van der Waals surface area (Å²) in [5.74, 6) is -0.311. The minimum Gasteiger partial charge on any atom is -0.341 e. The largest absolute Gasteiger partial charge is 0.341 e. The van der Waals surface area contributed by atoms with Gasteiger partial charge in [-0.3, -0.25) is 19.1 Å². The highest BCUT2D eigenvalue weighted by Crippen LogP contribution is 2.09. The molecule has 0 aliphatic carbocycles. The van der Waals surface area contributed by atoms with Gasteiger partial charge < -0.3 is 4.90 Å². The van der Waals surface area contributed by atoms with Crippen molar-refractivity contribution in [1.82, 2.24) is 14.5 Å². The highest BCUT2D eigenvalue weighted by Gasteiger charge is 2.21. The minimum absolute atomic E-state index is 0.311. The lowest BCUT2D eigenvalue weighted by molar-refractivity contribution is -0.130. The maximum absolute atomic E-state index is 11.9. The average Bonchev–Trinajstić information content (AvgIpc) is 2.84. The van der Waals surface area contributed by atoms with Gasteiger partial charge in [0.25, 0.3) is 14.6 Å². The maximum Gasteiger partial charge on any atom is 0.328 e. The van der Waals surface area contributed by atoms with Gasteiger partial charge in [0.05, 0.1) is 0 Å². The second kappa shape index (κ2) is 5.41. The predicted octanol–water partition coefficient (Wildman–Crippen LogP) is -0.913. The Balaban J connectivity index is 2.35. The van der Waals surface area contributed by atoms with Gasteiger partial charge in [0.1, 0.15) is 6.54 Å². The van der Waals surface area contributed by atoms with E-state index in [1.807, 2.05) is 4.98 Å². The Morgan fingerprint density at radius 2 is 1.90 bits per heavy atom. The predicted molar refractivity (Wildman–Crippen MR) is 70.2 cm³/mol. The summed E-state index contributed by atoms with van der Waals surface area (Å²) in [5.41, 5.74) is -1.96. The molecule has 1 saturated heterocycles. The molecule has 1 fully saturated rings. The first-order chi connectivity index (χ1) is 9.29. The smallest absolute Gasteiger partial charge is 0.328 e. The number of carbonyl (C=O) groups is 1. The van der Waals surface area contributed by atoms with Gasteiger partial charge in [-0.15, -0.1) is 0 Å². The van der Waals surface area contributed by atoms with Crippen LogP contribution in [0.2, 0.25) is 0 Å². The minimum atomic E-state index is -4.28. The molecule has 2 rings (SSSR count). The number of hydrogen-bond donors (Lipinski definition) is 1. The lowest BCUT2D eigenvalue weighted by atomic mass is 10.4. The molecule has 1 aliphatic heterocycles. The number of hydrogen-bond acceptors (Lipinski definition) is 5. The standard InChI is InChI=1S/C10H12ClN3O5S/c11-20(18,19)7-5-14(10(17)12-9(7)16)6-8(15)13-3-1-2-4-13/h5H,1-4,6H2,(H,12,16,17). The Bertz CT molecular complexity index is 745. The van der Waals surface area contributed by atoms with Crippen molar-refractivity contribution in [3.8, 4) is 0 Å². The number of H-pyrrole nitrogens is 1. The van der Waals surface area contributed by atoms with Crippen LogP contribution in [0.25, 0.3) is 0 Å². The van der Waals surface area contributed by atoms with Crippen LogP contribution in [-0.4, -0.2) is 41.9 Å². The van der Waals surface area contributed by atoms with Crippen LogP contribution in [0.4, 0.5) is 0 Å². The van der Waals surface area contributed by atoms with Crippen LogP contribution in [0.3, 0.4) is 0 Å². The van der Waals surface area contributed by atoms with E-state index in [2.05, 4.69) is 0 Å². The fourth-order valence-electron chi connectivity index (χ4n) is 1.99. The molecule has 0 atom stereocenters. The lowest BCUT2D eigenvalue weighted by Crippen LogP contribution is -2.38. The second-order valence-corrected chi connectivity index (χ2v) is 6.94. The number of rotatable bonds is 3. The third-order valence-electron chi connectivity index (χ3n) is 3.01. The van der Waals surface area contributed by atoms with Crippen molar-refractivity contribution in [3.63, 3.8) is 0 Å². The van der Waals surface area contributed by atoms with Crippen molar-refractivity contribution < 1.29 is 13.2 Å². The molecule has 110 valence electrons. The monoisotopic (exact) mass is 321 g/mol. The molecule has 20 heavy (non-hydrogen) atoms. The van der Waals surface area contributed by atoms with E-state index in [1.165, 1.54) is 0 Å². The van der Waals surface area contributed by atoms with Crippen molar-refractivity contribution in [2.45, 2.75) is 24.3 Å². The molecule has 8 nitrogen and oxygen atoms in total. The van der Waals surface area contributed by atoms with Gasteiger partial charge in [-0.05, 0) is 12.8 Å². The number of halogens is 1. The molecular weight excluding hydrogens is 310 g/mol. The molecule has 1 amide bonds. The molecule has 1 aromatic heterocycles. The highest BCUT2D eigenvalue weighted by molar-refractivity contribution is 8.13. The number of amides is 1. The van der Waals surface area contributed by atoms with Crippen LogP contribution in [0.15, 0.2) is 20.7 Å².